The number of pyridine rings is 1. The van der Waals surface area contributed by atoms with Crippen molar-refractivity contribution in [1.82, 2.24) is 19.9 Å². The van der Waals surface area contributed by atoms with Gasteiger partial charge in [0.2, 0.25) is 0 Å². The van der Waals surface area contributed by atoms with Crippen molar-refractivity contribution in [1.29, 1.82) is 0 Å². The highest BCUT2D eigenvalue weighted by molar-refractivity contribution is 7.27. The van der Waals surface area contributed by atoms with Crippen LogP contribution in [0.3, 0.4) is 0 Å². The van der Waals surface area contributed by atoms with E-state index in [1.165, 1.54) is 20.2 Å². The molecular formula is C46H28N4S. The summed E-state index contributed by atoms with van der Waals surface area (Å²) in [6.45, 7) is 0. The van der Waals surface area contributed by atoms with Crippen LogP contribution in [0, 0.1) is 0 Å². The number of hydrogen-bond acceptors (Lipinski definition) is 5. The fourth-order valence-corrected chi connectivity index (χ4v) is 8.42. The van der Waals surface area contributed by atoms with Crippen molar-refractivity contribution in [2.75, 3.05) is 0 Å². The largest absolute Gasteiger partial charge is 0.247 e. The van der Waals surface area contributed by atoms with Gasteiger partial charge in [0, 0.05) is 58.6 Å². The molecule has 4 nitrogen and oxygen atoms in total. The predicted molar refractivity (Wildman–Crippen MR) is 213 cm³/mol. The van der Waals surface area contributed by atoms with E-state index in [0.29, 0.717) is 17.5 Å². The van der Waals surface area contributed by atoms with Crippen molar-refractivity contribution >= 4 is 53.2 Å². The molecule has 51 heavy (non-hydrogen) atoms. The van der Waals surface area contributed by atoms with E-state index in [1.54, 1.807) is 0 Å². The van der Waals surface area contributed by atoms with Crippen LogP contribution in [0.2, 0.25) is 0 Å². The molecule has 3 heterocycles. The highest BCUT2D eigenvalue weighted by Crippen LogP contribution is 2.46. The van der Waals surface area contributed by atoms with E-state index in [-0.39, 0.29) is 0 Å². The fraction of sp³-hybridized carbons (Fsp3) is 0. The van der Waals surface area contributed by atoms with Gasteiger partial charge in [-0.15, -0.1) is 11.3 Å². The zero-order valence-corrected chi connectivity index (χ0v) is 28.2. The summed E-state index contributed by atoms with van der Waals surface area (Å²) in [4.78, 5) is 20.6. The third kappa shape index (κ3) is 5.06. The van der Waals surface area contributed by atoms with Crippen LogP contribution in [0.4, 0.5) is 0 Å². The lowest BCUT2D eigenvalue weighted by molar-refractivity contribution is 1.08. The number of nitrogens with zero attached hydrogens (tertiary/aromatic N) is 4. The first kappa shape index (κ1) is 29.4. The summed E-state index contributed by atoms with van der Waals surface area (Å²) in [7, 11) is 0. The van der Waals surface area contributed by atoms with Crippen molar-refractivity contribution in [2.24, 2.45) is 0 Å². The third-order valence-corrected chi connectivity index (χ3v) is 10.7. The van der Waals surface area contributed by atoms with Crippen LogP contribution in [0.5, 0.6) is 0 Å². The quantitative estimate of drug-likeness (QED) is 0.171. The number of rotatable bonds is 5. The van der Waals surface area contributed by atoms with Crippen LogP contribution < -0.4 is 0 Å². The van der Waals surface area contributed by atoms with Gasteiger partial charge in [-0.05, 0) is 29.3 Å². The first-order chi connectivity index (χ1) is 25.3. The van der Waals surface area contributed by atoms with Crippen LogP contribution in [-0.4, -0.2) is 19.9 Å². The van der Waals surface area contributed by atoms with Crippen LogP contribution in [0.15, 0.2) is 170 Å². The highest BCUT2D eigenvalue weighted by atomic mass is 32.1. The number of hydrogen-bond donors (Lipinski definition) is 0. The van der Waals surface area contributed by atoms with E-state index in [0.717, 1.165) is 60.8 Å². The SMILES string of the molecule is c1ccc(-c2cccc(-c3nc(-c4ccccc4)nc(-c4cccc5sc6c(ccc7c(-c8ccccc8)nc8ccccc8c76)c45)n3)c2)cc1. The maximum Gasteiger partial charge on any atom is 0.164 e. The Labute approximate surface area is 298 Å². The predicted octanol–water partition coefficient (Wildman–Crippen LogP) is 12.3. The fourth-order valence-electron chi connectivity index (χ4n) is 7.13. The zero-order chi connectivity index (χ0) is 33.7. The lowest BCUT2D eigenvalue weighted by Crippen LogP contribution is -2.00. The molecule has 0 radical (unpaired) electrons. The lowest BCUT2D eigenvalue weighted by Gasteiger charge is -2.12. The molecule has 0 bridgehead atoms. The van der Waals surface area contributed by atoms with E-state index in [2.05, 4.69) is 140 Å². The standard InChI is InChI=1S/C46H28N4S/c1-4-14-29(15-5-1)32-20-12-21-33(28-32)45-48-44(31-18-8-3-9-19-31)49-46(50-45)37-23-13-25-39-40(37)36-27-26-35-41(43(36)51-39)34-22-10-11-24-38(34)47-42(35)30-16-6-2-7-17-30/h1-28H. The third-order valence-electron chi connectivity index (χ3n) is 9.51. The van der Waals surface area contributed by atoms with Gasteiger partial charge < -0.3 is 0 Å². The summed E-state index contributed by atoms with van der Waals surface area (Å²) < 4.78 is 2.42. The number of thiophene rings is 1. The molecule has 5 heteroatoms. The van der Waals surface area contributed by atoms with E-state index < -0.39 is 0 Å². The molecule has 0 unspecified atom stereocenters. The minimum absolute atomic E-state index is 0.642. The van der Waals surface area contributed by atoms with Crippen LogP contribution in [0.1, 0.15) is 0 Å². The molecule has 0 aliphatic carbocycles. The lowest BCUT2D eigenvalue weighted by atomic mass is 9.97. The van der Waals surface area contributed by atoms with E-state index in [9.17, 15) is 0 Å². The monoisotopic (exact) mass is 668 g/mol. The Hall–Kier alpha value is -6.56. The summed E-state index contributed by atoms with van der Waals surface area (Å²) in [5.41, 5.74) is 8.23. The van der Waals surface area contributed by atoms with Gasteiger partial charge in [-0.2, -0.15) is 0 Å². The minimum atomic E-state index is 0.642. The van der Waals surface area contributed by atoms with Crippen molar-refractivity contribution < 1.29 is 0 Å². The Morgan fingerprint density at radius 3 is 1.73 bits per heavy atom. The summed E-state index contributed by atoms with van der Waals surface area (Å²) in [5, 5.41) is 5.85. The number of aromatic nitrogens is 4. The van der Waals surface area contributed by atoms with Gasteiger partial charge in [0.05, 0.1) is 11.2 Å². The number of para-hydroxylation sites is 1. The first-order valence-electron chi connectivity index (χ1n) is 17.0. The smallest absolute Gasteiger partial charge is 0.164 e. The first-order valence-corrected chi connectivity index (χ1v) is 17.8. The summed E-state index contributed by atoms with van der Waals surface area (Å²) in [6.07, 6.45) is 0. The Morgan fingerprint density at radius 2 is 0.941 bits per heavy atom. The van der Waals surface area contributed by atoms with Crippen molar-refractivity contribution in [3.63, 3.8) is 0 Å². The molecule has 238 valence electrons. The average molecular weight is 669 g/mol. The molecule has 0 fully saturated rings. The molecule has 10 rings (SSSR count). The maximum absolute atomic E-state index is 5.21. The van der Waals surface area contributed by atoms with E-state index in [4.69, 9.17) is 19.9 Å². The Kier molecular flexibility index (Phi) is 6.96. The molecule has 0 saturated carbocycles. The number of benzene rings is 7. The second kappa shape index (κ2) is 12.1. The Balaban J connectivity index is 1.23. The molecule has 7 aromatic carbocycles. The molecule has 3 aromatic heterocycles. The summed E-state index contributed by atoms with van der Waals surface area (Å²) in [6, 6.07) is 59.0. The Bertz CT molecular complexity index is 2900. The molecule has 0 saturated heterocycles. The highest BCUT2D eigenvalue weighted by Gasteiger charge is 2.20. The summed E-state index contributed by atoms with van der Waals surface area (Å²) in [5.74, 6) is 1.94. The van der Waals surface area contributed by atoms with Crippen LogP contribution in [0.25, 0.3) is 98.4 Å². The van der Waals surface area contributed by atoms with Gasteiger partial charge in [-0.25, -0.2) is 19.9 Å². The second-order valence-electron chi connectivity index (χ2n) is 12.6. The summed E-state index contributed by atoms with van der Waals surface area (Å²) >= 11 is 1.82. The van der Waals surface area contributed by atoms with Gasteiger partial charge in [-0.1, -0.05) is 152 Å². The maximum atomic E-state index is 5.21. The molecule has 0 N–H and O–H groups in total. The zero-order valence-electron chi connectivity index (χ0n) is 27.4. The molecule has 0 aliphatic rings. The molecular weight excluding hydrogens is 641 g/mol. The molecule has 0 amide bonds. The number of fused-ring (bicyclic) bond motifs is 7. The van der Waals surface area contributed by atoms with Gasteiger partial charge in [0.25, 0.3) is 0 Å². The topological polar surface area (TPSA) is 51.6 Å². The normalized spacial score (nSPS) is 11.5. The van der Waals surface area contributed by atoms with Crippen LogP contribution >= 0.6 is 11.3 Å². The van der Waals surface area contributed by atoms with Gasteiger partial charge >= 0.3 is 0 Å². The van der Waals surface area contributed by atoms with Crippen molar-refractivity contribution in [3.8, 4) is 56.5 Å². The molecule has 10 aromatic rings. The molecule has 0 spiro atoms. The van der Waals surface area contributed by atoms with E-state index >= 15 is 0 Å². The van der Waals surface area contributed by atoms with Gasteiger partial charge in [0.15, 0.2) is 17.5 Å². The molecule has 0 aliphatic heterocycles. The minimum Gasteiger partial charge on any atom is -0.247 e. The second-order valence-corrected chi connectivity index (χ2v) is 13.7. The van der Waals surface area contributed by atoms with Crippen molar-refractivity contribution in [3.05, 3.63) is 170 Å². The average Bonchev–Trinajstić information content (AvgIpc) is 3.60. The Morgan fingerprint density at radius 1 is 0.353 bits per heavy atom. The van der Waals surface area contributed by atoms with Crippen molar-refractivity contribution in [2.45, 2.75) is 0 Å². The van der Waals surface area contributed by atoms with Gasteiger partial charge in [0.1, 0.15) is 0 Å². The van der Waals surface area contributed by atoms with Gasteiger partial charge in [-0.3, -0.25) is 0 Å². The van der Waals surface area contributed by atoms with Crippen LogP contribution in [-0.2, 0) is 0 Å². The van der Waals surface area contributed by atoms with E-state index in [1.807, 2.05) is 41.7 Å². The molecule has 0 atom stereocenters.